The monoisotopic (exact) mass is 422 g/mol. The van der Waals surface area contributed by atoms with Crippen LogP contribution in [0.25, 0.3) is 11.3 Å². The number of rotatable bonds is 3. The highest BCUT2D eigenvalue weighted by molar-refractivity contribution is 5.94. The fourth-order valence-electron chi connectivity index (χ4n) is 3.85. The lowest BCUT2D eigenvalue weighted by atomic mass is 9.99. The summed E-state index contributed by atoms with van der Waals surface area (Å²) in [6, 6.07) is 11.2. The van der Waals surface area contributed by atoms with Gasteiger partial charge in [-0.2, -0.15) is 0 Å². The quantitative estimate of drug-likeness (QED) is 0.631. The highest BCUT2D eigenvalue weighted by atomic mass is 19.1. The number of carbonyl (C=O) groups excluding carboxylic acids is 1. The van der Waals surface area contributed by atoms with E-state index in [1.165, 1.54) is 17.2 Å². The summed E-state index contributed by atoms with van der Waals surface area (Å²) in [6.45, 7) is 8.22. The second-order valence-corrected chi connectivity index (χ2v) is 7.93. The Hall–Kier alpha value is -3.35. The fraction of sp³-hybridized carbons (Fsp3) is 0.292. The van der Waals surface area contributed by atoms with E-state index in [-0.39, 0.29) is 5.56 Å². The molecule has 31 heavy (non-hydrogen) atoms. The summed E-state index contributed by atoms with van der Waals surface area (Å²) in [4.78, 5) is 16.2. The molecule has 1 aliphatic rings. The molecule has 160 valence electrons. The number of hydrogen-bond donors (Lipinski definition) is 0. The van der Waals surface area contributed by atoms with E-state index < -0.39 is 17.5 Å². The summed E-state index contributed by atoms with van der Waals surface area (Å²) in [5.74, 6) is -1.22. The molecule has 3 aromatic rings. The first-order valence-electron chi connectivity index (χ1n) is 10.2. The van der Waals surface area contributed by atoms with Gasteiger partial charge in [-0.3, -0.25) is 4.79 Å². The Morgan fingerprint density at radius 2 is 1.55 bits per heavy atom. The Morgan fingerprint density at radius 3 is 2.19 bits per heavy atom. The summed E-state index contributed by atoms with van der Waals surface area (Å²) in [6.07, 6.45) is 0. The van der Waals surface area contributed by atoms with E-state index >= 15 is 0 Å². The molecule has 0 radical (unpaired) electrons. The third kappa shape index (κ3) is 4.26. The van der Waals surface area contributed by atoms with Gasteiger partial charge in [0.2, 0.25) is 0 Å². The molecule has 1 aromatic heterocycles. The molecule has 1 fully saturated rings. The molecule has 0 aliphatic carbocycles. The van der Waals surface area contributed by atoms with Crippen molar-refractivity contribution in [3.63, 3.8) is 0 Å². The first kappa shape index (κ1) is 20.9. The standard InChI is InChI=1S/C24H24F2N4O/c1-15-12-17(3)20(13-16(15)2)22-6-7-23(28-27-22)29-8-10-30(11-9-29)24(31)19-5-4-18(25)14-21(19)26/h4-7,12-14H,8-11H2,1-3H3. The zero-order chi connectivity index (χ0) is 22.1. The smallest absolute Gasteiger partial charge is 0.256 e. The maximum absolute atomic E-state index is 13.9. The van der Waals surface area contributed by atoms with Gasteiger partial charge in [-0.15, -0.1) is 10.2 Å². The first-order chi connectivity index (χ1) is 14.8. The number of halogens is 2. The Bertz CT molecular complexity index is 1120. The average molecular weight is 422 g/mol. The van der Waals surface area contributed by atoms with Crippen LogP contribution in [-0.2, 0) is 0 Å². The van der Waals surface area contributed by atoms with Crippen LogP contribution in [0.5, 0.6) is 0 Å². The van der Waals surface area contributed by atoms with Crippen LogP contribution in [0.1, 0.15) is 27.0 Å². The Labute approximate surface area is 180 Å². The van der Waals surface area contributed by atoms with Gasteiger partial charge in [0.15, 0.2) is 5.82 Å². The number of hydrogen-bond acceptors (Lipinski definition) is 4. The molecular formula is C24H24F2N4O. The van der Waals surface area contributed by atoms with Gasteiger partial charge in [-0.05, 0) is 67.8 Å². The van der Waals surface area contributed by atoms with Crippen LogP contribution in [-0.4, -0.2) is 47.2 Å². The van der Waals surface area contributed by atoms with Crippen molar-refractivity contribution in [1.82, 2.24) is 15.1 Å². The number of aryl methyl sites for hydroxylation is 3. The van der Waals surface area contributed by atoms with Gasteiger partial charge < -0.3 is 9.80 Å². The van der Waals surface area contributed by atoms with Gasteiger partial charge in [0.1, 0.15) is 11.6 Å². The van der Waals surface area contributed by atoms with Crippen LogP contribution in [0.4, 0.5) is 14.6 Å². The molecular weight excluding hydrogens is 398 g/mol. The molecule has 0 N–H and O–H groups in total. The summed E-state index contributed by atoms with van der Waals surface area (Å²) >= 11 is 0. The van der Waals surface area contributed by atoms with Gasteiger partial charge in [-0.1, -0.05) is 6.07 Å². The number of anilines is 1. The minimum Gasteiger partial charge on any atom is -0.352 e. The molecule has 0 saturated carbocycles. The number of carbonyl (C=O) groups is 1. The number of aromatic nitrogens is 2. The average Bonchev–Trinajstić information content (AvgIpc) is 2.76. The molecule has 1 aliphatic heterocycles. The lowest BCUT2D eigenvalue weighted by Gasteiger charge is -2.35. The van der Waals surface area contributed by atoms with Crippen molar-refractivity contribution in [2.45, 2.75) is 20.8 Å². The first-order valence-corrected chi connectivity index (χ1v) is 10.2. The van der Waals surface area contributed by atoms with Crippen LogP contribution >= 0.6 is 0 Å². The van der Waals surface area contributed by atoms with Crippen LogP contribution in [0.15, 0.2) is 42.5 Å². The SMILES string of the molecule is Cc1cc(C)c(-c2ccc(N3CCN(C(=O)c4ccc(F)cc4F)CC3)nn2)cc1C. The zero-order valence-electron chi connectivity index (χ0n) is 17.8. The minimum absolute atomic E-state index is 0.109. The molecule has 0 bridgehead atoms. The predicted molar refractivity (Wildman–Crippen MR) is 116 cm³/mol. The van der Waals surface area contributed by atoms with E-state index in [0.717, 1.165) is 34.8 Å². The van der Waals surface area contributed by atoms with Gasteiger partial charge in [-0.25, -0.2) is 8.78 Å². The Kier molecular flexibility index (Phi) is 5.67. The van der Waals surface area contributed by atoms with Crippen LogP contribution in [0.3, 0.4) is 0 Å². The zero-order valence-corrected chi connectivity index (χ0v) is 17.8. The van der Waals surface area contributed by atoms with Gasteiger partial charge in [0.25, 0.3) is 5.91 Å². The summed E-state index contributed by atoms with van der Waals surface area (Å²) in [5.41, 5.74) is 5.40. The molecule has 0 atom stereocenters. The van der Waals surface area contributed by atoms with Crippen LogP contribution < -0.4 is 4.90 Å². The van der Waals surface area contributed by atoms with E-state index in [1.807, 2.05) is 12.1 Å². The molecule has 0 unspecified atom stereocenters. The molecule has 1 saturated heterocycles. The van der Waals surface area contributed by atoms with Crippen molar-refractivity contribution < 1.29 is 13.6 Å². The molecule has 5 nitrogen and oxygen atoms in total. The maximum Gasteiger partial charge on any atom is 0.256 e. The highest BCUT2D eigenvalue weighted by Crippen LogP contribution is 2.26. The minimum atomic E-state index is -0.837. The third-order valence-corrected chi connectivity index (χ3v) is 5.82. The summed E-state index contributed by atoms with van der Waals surface area (Å²) < 4.78 is 27.0. The number of nitrogens with zero attached hydrogens (tertiary/aromatic N) is 4. The van der Waals surface area contributed by atoms with Crippen molar-refractivity contribution in [2.75, 3.05) is 31.1 Å². The molecule has 1 amide bonds. The number of amides is 1. The van der Waals surface area contributed by atoms with Crippen molar-refractivity contribution >= 4 is 11.7 Å². The number of benzene rings is 2. The van der Waals surface area contributed by atoms with Gasteiger partial charge in [0, 0.05) is 37.8 Å². The fourth-order valence-corrected chi connectivity index (χ4v) is 3.85. The van der Waals surface area contributed by atoms with E-state index in [9.17, 15) is 13.6 Å². The molecule has 2 aromatic carbocycles. The van der Waals surface area contributed by atoms with Crippen LogP contribution in [0.2, 0.25) is 0 Å². The van der Waals surface area contributed by atoms with Crippen molar-refractivity contribution in [2.24, 2.45) is 0 Å². The highest BCUT2D eigenvalue weighted by Gasteiger charge is 2.25. The van der Waals surface area contributed by atoms with Crippen molar-refractivity contribution in [3.8, 4) is 11.3 Å². The van der Waals surface area contributed by atoms with Gasteiger partial charge in [0.05, 0.1) is 11.3 Å². The van der Waals surface area contributed by atoms with E-state index in [1.54, 1.807) is 4.90 Å². The maximum atomic E-state index is 13.9. The third-order valence-electron chi connectivity index (χ3n) is 5.82. The van der Waals surface area contributed by atoms with Gasteiger partial charge >= 0.3 is 0 Å². The lowest BCUT2D eigenvalue weighted by Crippen LogP contribution is -2.49. The molecule has 0 spiro atoms. The van der Waals surface area contributed by atoms with E-state index in [4.69, 9.17) is 0 Å². The topological polar surface area (TPSA) is 49.3 Å². The Balaban J connectivity index is 1.43. The Morgan fingerprint density at radius 1 is 0.839 bits per heavy atom. The second-order valence-electron chi connectivity index (χ2n) is 7.93. The summed E-state index contributed by atoms with van der Waals surface area (Å²) in [7, 11) is 0. The molecule has 2 heterocycles. The molecule has 4 rings (SSSR count). The van der Waals surface area contributed by atoms with E-state index in [0.29, 0.717) is 26.2 Å². The normalized spacial score (nSPS) is 14.1. The lowest BCUT2D eigenvalue weighted by molar-refractivity contribution is 0.0741. The second kappa shape index (κ2) is 8.41. The van der Waals surface area contributed by atoms with Crippen LogP contribution in [0, 0.1) is 32.4 Å². The van der Waals surface area contributed by atoms with Crippen molar-refractivity contribution in [1.29, 1.82) is 0 Å². The molecule has 7 heteroatoms. The van der Waals surface area contributed by atoms with Crippen molar-refractivity contribution in [3.05, 3.63) is 76.4 Å². The summed E-state index contributed by atoms with van der Waals surface area (Å²) in [5, 5.41) is 8.81. The number of piperazine rings is 1. The largest absolute Gasteiger partial charge is 0.352 e. The van der Waals surface area contributed by atoms with E-state index in [2.05, 4.69) is 48.0 Å². The predicted octanol–water partition coefficient (Wildman–Crippen LogP) is 4.31.